The number of nitrogens with one attached hydrogen (secondary N) is 1. The van der Waals surface area contributed by atoms with Crippen molar-refractivity contribution in [1.82, 2.24) is 5.32 Å². The Bertz CT molecular complexity index is 114. The first-order chi connectivity index (χ1) is 4.57. The fourth-order valence-corrected chi connectivity index (χ4v) is 0.588. The zero-order valence-corrected chi connectivity index (χ0v) is 6.00. The molecule has 0 fully saturated rings. The molecular weight excluding hydrogens is 132 g/mol. The van der Waals surface area contributed by atoms with Gasteiger partial charge in [0, 0.05) is 12.6 Å². The molecule has 0 aromatic carbocycles. The van der Waals surface area contributed by atoms with Crippen LogP contribution in [0, 0.1) is 0 Å². The quantitative estimate of drug-likeness (QED) is 0.382. The van der Waals surface area contributed by atoms with Crippen molar-refractivity contribution in [2.75, 3.05) is 6.54 Å². The molecule has 2 unspecified atom stereocenters. The number of hydrogen-bond acceptors (Lipinski definition) is 3. The second-order valence-corrected chi connectivity index (χ2v) is 2.21. The molecule has 5 heteroatoms. The predicted molar refractivity (Wildman–Crippen MR) is 39.2 cm³/mol. The fraction of sp³-hybridized carbons (Fsp3) is 0.800. The second kappa shape index (κ2) is 4.08. The number of carbonyl (C=O) groups is 1. The van der Waals surface area contributed by atoms with Gasteiger partial charge < -0.3 is 22.5 Å². The number of urea groups is 1. The van der Waals surface area contributed by atoms with Gasteiger partial charge in [-0.25, -0.2) is 4.79 Å². The van der Waals surface area contributed by atoms with Crippen molar-refractivity contribution < 1.29 is 4.79 Å². The summed E-state index contributed by atoms with van der Waals surface area (Å²) in [5.41, 5.74) is 15.6. The van der Waals surface area contributed by atoms with E-state index in [4.69, 9.17) is 17.2 Å². The maximum Gasteiger partial charge on any atom is 0.312 e. The Labute approximate surface area is 59.9 Å². The molecule has 0 saturated carbocycles. The summed E-state index contributed by atoms with van der Waals surface area (Å²) in [7, 11) is 0. The molecule has 0 aliphatic rings. The van der Waals surface area contributed by atoms with E-state index in [0.29, 0.717) is 6.54 Å². The molecule has 0 rings (SSSR count). The lowest BCUT2D eigenvalue weighted by molar-refractivity contribution is 0.243. The summed E-state index contributed by atoms with van der Waals surface area (Å²) < 4.78 is 0. The van der Waals surface area contributed by atoms with Gasteiger partial charge in [-0.15, -0.1) is 0 Å². The molecule has 0 radical (unpaired) electrons. The van der Waals surface area contributed by atoms with E-state index < -0.39 is 6.03 Å². The van der Waals surface area contributed by atoms with Crippen LogP contribution in [0.1, 0.15) is 6.92 Å². The fourth-order valence-electron chi connectivity index (χ4n) is 0.588. The molecule has 0 aliphatic heterocycles. The number of nitrogens with two attached hydrogens (primary N) is 3. The van der Waals surface area contributed by atoms with Gasteiger partial charge in [-0.1, -0.05) is 0 Å². The third-order valence-corrected chi connectivity index (χ3v) is 1.22. The highest BCUT2D eigenvalue weighted by molar-refractivity contribution is 5.72. The molecule has 0 aromatic heterocycles. The Kier molecular flexibility index (Phi) is 3.75. The molecule has 2 atom stereocenters. The third-order valence-electron chi connectivity index (χ3n) is 1.22. The van der Waals surface area contributed by atoms with E-state index in [-0.39, 0.29) is 12.1 Å². The highest BCUT2D eigenvalue weighted by Crippen LogP contribution is 1.84. The summed E-state index contributed by atoms with van der Waals surface area (Å²) >= 11 is 0. The second-order valence-electron chi connectivity index (χ2n) is 2.21. The topological polar surface area (TPSA) is 107 Å². The van der Waals surface area contributed by atoms with Gasteiger partial charge in [-0.05, 0) is 6.92 Å². The molecule has 7 N–H and O–H groups in total. The molecule has 0 spiro atoms. The van der Waals surface area contributed by atoms with Gasteiger partial charge in [0.25, 0.3) is 0 Å². The predicted octanol–water partition coefficient (Wildman–Crippen LogP) is -1.67. The number of amides is 2. The summed E-state index contributed by atoms with van der Waals surface area (Å²) in [6.07, 6.45) is 0. The minimum absolute atomic E-state index is 0.169. The molecule has 0 bridgehead atoms. The zero-order chi connectivity index (χ0) is 8.15. The average molecular weight is 146 g/mol. The van der Waals surface area contributed by atoms with Crippen molar-refractivity contribution in [3.8, 4) is 0 Å². The van der Waals surface area contributed by atoms with Gasteiger partial charge in [0.05, 0.1) is 6.04 Å². The van der Waals surface area contributed by atoms with Gasteiger partial charge in [0.15, 0.2) is 0 Å². The van der Waals surface area contributed by atoms with E-state index in [1.54, 1.807) is 6.92 Å². The van der Waals surface area contributed by atoms with E-state index in [1.165, 1.54) is 0 Å². The van der Waals surface area contributed by atoms with E-state index in [2.05, 4.69) is 5.32 Å². The first-order valence-corrected chi connectivity index (χ1v) is 3.09. The Morgan fingerprint density at radius 3 is 2.30 bits per heavy atom. The van der Waals surface area contributed by atoms with Crippen LogP contribution in [0.5, 0.6) is 0 Å². The number of hydrogen-bond donors (Lipinski definition) is 4. The molecule has 0 aliphatic carbocycles. The first kappa shape index (κ1) is 9.19. The van der Waals surface area contributed by atoms with E-state index >= 15 is 0 Å². The van der Waals surface area contributed by atoms with Crippen molar-refractivity contribution in [3.05, 3.63) is 0 Å². The summed E-state index contributed by atoms with van der Waals surface area (Å²) in [6, 6.07) is -0.984. The van der Waals surface area contributed by atoms with E-state index in [0.717, 1.165) is 0 Å². The van der Waals surface area contributed by atoms with Crippen molar-refractivity contribution in [3.63, 3.8) is 0 Å². The molecule has 0 saturated heterocycles. The lowest BCUT2D eigenvalue weighted by atomic mass is 10.1. The van der Waals surface area contributed by atoms with Crippen LogP contribution in [-0.4, -0.2) is 24.7 Å². The van der Waals surface area contributed by atoms with Crippen LogP contribution in [-0.2, 0) is 0 Å². The van der Waals surface area contributed by atoms with Crippen LogP contribution < -0.4 is 22.5 Å². The van der Waals surface area contributed by atoms with Crippen molar-refractivity contribution in [1.29, 1.82) is 0 Å². The standard InChI is InChI=1S/C5H14N4O/c1-3(7)4(2-6)9-5(8)10/h3-4H,2,6-7H2,1H3,(H3,8,9,10). The minimum atomic E-state index is -0.590. The van der Waals surface area contributed by atoms with Crippen LogP contribution in [0.25, 0.3) is 0 Å². The first-order valence-electron chi connectivity index (χ1n) is 3.09. The summed E-state index contributed by atoms with van der Waals surface area (Å²) in [5, 5.41) is 2.42. The molecule has 5 nitrogen and oxygen atoms in total. The van der Waals surface area contributed by atoms with E-state index in [1.807, 2.05) is 0 Å². The normalized spacial score (nSPS) is 15.9. The van der Waals surface area contributed by atoms with Gasteiger partial charge in [-0.3, -0.25) is 0 Å². The molecule has 10 heavy (non-hydrogen) atoms. The van der Waals surface area contributed by atoms with Gasteiger partial charge >= 0.3 is 6.03 Å². The van der Waals surface area contributed by atoms with Crippen LogP contribution >= 0.6 is 0 Å². The molecular formula is C5H14N4O. The monoisotopic (exact) mass is 146 g/mol. The van der Waals surface area contributed by atoms with Crippen LogP contribution in [0.4, 0.5) is 4.79 Å². The van der Waals surface area contributed by atoms with Crippen molar-refractivity contribution >= 4 is 6.03 Å². The Morgan fingerprint density at radius 1 is 1.70 bits per heavy atom. The number of primary amides is 1. The minimum Gasteiger partial charge on any atom is -0.352 e. The number of rotatable bonds is 3. The molecule has 0 aromatic rings. The summed E-state index contributed by atoms with van der Waals surface area (Å²) in [4.78, 5) is 10.3. The van der Waals surface area contributed by atoms with Gasteiger partial charge in [0.1, 0.15) is 0 Å². The van der Waals surface area contributed by atoms with E-state index in [9.17, 15) is 4.79 Å². The van der Waals surface area contributed by atoms with Crippen LogP contribution in [0.15, 0.2) is 0 Å². The summed E-state index contributed by atoms with van der Waals surface area (Å²) in [5.74, 6) is 0. The Hall–Kier alpha value is -0.810. The lowest BCUT2D eigenvalue weighted by Gasteiger charge is -2.18. The average Bonchev–Trinajstić information content (AvgIpc) is 1.81. The smallest absolute Gasteiger partial charge is 0.312 e. The molecule has 60 valence electrons. The number of carbonyl (C=O) groups excluding carboxylic acids is 1. The highest BCUT2D eigenvalue weighted by atomic mass is 16.2. The van der Waals surface area contributed by atoms with Gasteiger partial charge in [0.2, 0.25) is 0 Å². The van der Waals surface area contributed by atoms with Crippen molar-refractivity contribution in [2.45, 2.75) is 19.0 Å². The third kappa shape index (κ3) is 3.26. The summed E-state index contributed by atoms with van der Waals surface area (Å²) in [6.45, 7) is 2.06. The Balaban J connectivity index is 3.71. The molecule has 2 amide bonds. The Morgan fingerprint density at radius 2 is 2.20 bits per heavy atom. The maximum absolute atomic E-state index is 10.3. The zero-order valence-electron chi connectivity index (χ0n) is 6.00. The van der Waals surface area contributed by atoms with Crippen molar-refractivity contribution in [2.24, 2.45) is 17.2 Å². The largest absolute Gasteiger partial charge is 0.352 e. The lowest BCUT2D eigenvalue weighted by Crippen LogP contribution is -2.52. The van der Waals surface area contributed by atoms with Crippen LogP contribution in [0.2, 0.25) is 0 Å². The molecule has 0 heterocycles. The van der Waals surface area contributed by atoms with Crippen LogP contribution in [0.3, 0.4) is 0 Å². The van der Waals surface area contributed by atoms with Gasteiger partial charge in [-0.2, -0.15) is 0 Å². The maximum atomic E-state index is 10.3. The SMILES string of the molecule is CC(N)C(CN)NC(N)=O. The highest BCUT2D eigenvalue weighted by Gasteiger charge is 2.11.